The SMILES string of the molecule is C1=CC(c2cc(C3=CCCC=C3)nc(-c3ccc(-c4ccc5c(c4)c4cc6c(cc4n5-c4ccc5ccccc5c4)-c4ccccc4C64c5ccccc5-c5ccccc54)cc3)n2)=CCC1. The molecule has 1 spiro atoms. The average molecular weight is 842 g/mol. The van der Waals surface area contributed by atoms with Crippen LogP contribution in [0.5, 0.6) is 0 Å². The largest absolute Gasteiger partial charge is 0.309 e. The fourth-order valence-electron chi connectivity index (χ4n) is 11.7. The molecular formula is C63H43N3. The molecule has 310 valence electrons. The summed E-state index contributed by atoms with van der Waals surface area (Å²) in [6.07, 6.45) is 17.7. The Morgan fingerprint density at radius 1 is 0.394 bits per heavy atom. The van der Waals surface area contributed by atoms with Crippen molar-refractivity contribution in [1.29, 1.82) is 0 Å². The van der Waals surface area contributed by atoms with Gasteiger partial charge in [0.15, 0.2) is 5.82 Å². The first kappa shape index (κ1) is 37.3. The smallest absolute Gasteiger partial charge is 0.160 e. The number of rotatable bonds is 5. The molecule has 0 amide bonds. The summed E-state index contributed by atoms with van der Waals surface area (Å²) in [6.45, 7) is 0. The van der Waals surface area contributed by atoms with Crippen LogP contribution in [0.2, 0.25) is 0 Å². The van der Waals surface area contributed by atoms with Crippen LogP contribution in [0.4, 0.5) is 0 Å². The molecule has 0 saturated carbocycles. The van der Waals surface area contributed by atoms with Crippen LogP contribution < -0.4 is 0 Å². The second kappa shape index (κ2) is 14.4. The first-order valence-electron chi connectivity index (χ1n) is 23.4. The molecule has 2 aromatic heterocycles. The lowest BCUT2D eigenvalue weighted by Gasteiger charge is -2.30. The minimum Gasteiger partial charge on any atom is -0.309 e. The normalized spacial score (nSPS) is 15.2. The van der Waals surface area contributed by atoms with E-state index in [1.807, 2.05) is 0 Å². The predicted molar refractivity (Wildman–Crippen MR) is 274 cm³/mol. The van der Waals surface area contributed by atoms with E-state index in [0.29, 0.717) is 0 Å². The first-order valence-corrected chi connectivity index (χ1v) is 23.4. The second-order valence-corrected chi connectivity index (χ2v) is 18.2. The Bertz CT molecular complexity index is 3720. The van der Waals surface area contributed by atoms with Crippen LogP contribution in [0.1, 0.15) is 59.3 Å². The van der Waals surface area contributed by atoms with Gasteiger partial charge in [-0.1, -0.05) is 170 Å². The lowest BCUT2D eigenvalue weighted by Crippen LogP contribution is -2.25. The van der Waals surface area contributed by atoms with E-state index in [2.05, 4.69) is 217 Å². The van der Waals surface area contributed by atoms with Crippen molar-refractivity contribution in [1.82, 2.24) is 14.5 Å². The van der Waals surface area contributed by atoms with Crippen LogP contribution in [0.25, 0.3) is 94.2 Å². The van der Waals surface area contributed by atoms with Crippen molar-refractivity contribution in [3.63, 3.8) is 0 Å². The van der Waals surface area contributed by atoms with Crippen molar-refractivity contribution in [2.75, 3.05) is 0 Å². The van der Waals surface area contributed by atoms with Gasteiger partial charge in [-0.15, -0.1) is 0 Å². The molecule has 8 aromatic carbocycles. The maximum absolute atomic E-state index is 5.17. The van der Waals surface area contributed by atoms with Gasteiger partial charge in [0, 0.05) is 22.0 Å². The maximum atomic E-state index is 5.17. The summed E-state index contributed by atoms with van der Waals surface area (Å²) in [5.74, 6) is 0.751. The van der Waals surface area contributed by atoms with E-state index in [9.17, 15) is 0 Å². The summed E-state index contributed by atoms with van der Waals surface area (Å²) in [5, 5.41) is 4.95. The zero-order valence-electron chi connectivity index (χ0n) is 36.4. The number of hydrogen-bond acceptors (Lipinski definition) is 2. The van der Waals surface area contributed by atoms with Crippen molar-refractivity contribution >= 4 is 43.7 Å². The third kappa shape index (κ3) is 5.44. The number of allylic oxidation sites excluding steroid dienone is 8. The Morgan fingerprint density at radius 2 is 0.955 bits per heavy atom. The highest BCUT2D eigenvalue weighted by Crippen LogP contribution is 2.63. The van der Waals surface area contributed by atoms with Crippen molar-refractivity contribution in [2.45, 2.75) is 31.1 Å². The fourth-order valence-corrected chi connectivity index (χ4v) is 11.7. The van der Waals surface area contributed by atoms with E-state index in [-0.39, 0.29) is 0 Å². The zero-order valence-corrected chi connectivity index (χ0v) is 36.4. The van der Waals surface area contributed by atoms with Gasteiger partial charge < -0.3 is 4.57 Å². The highest BCUT2D eigenvalue weighted by molar-refractivity contribution is 6.13. The molecule has 66 heavy (non-hydrogen) atoms. The van der Waals surface area contributed by atoms with Gasteiger partial charge in [-0.05, 0) is 146 Å². The van der Waals surface area contributed by atoms with Crippen molar-refractivity contribution in [3.05, 3.63) is 246 Å². The molecule has 0 N–H and O–H groups in total. The molecule has 0 bridgehead atoms. The first-order chi connectivity index (χ1) is 32.7. The van der Waals surface area contributed by atoms with Gasteiger partial charge in [0.1, 0.15) is 0 Å². The topological polar surface area (TPSA) is 30.7 Å². The zero-order chi connectivity index (χ0) is 43.3. The van der Waals surface area contributed by atoms with Gasteiger partial charge in [-0.2, -0.15) is 0 Å². The number of fused-ring (bicyclic) bond motifs is 14. The fraction of sp³-hybridized carbons (Fsp3) is 0.0794. The van der Waals surface area contributed by atoms with Gasteiger partial charge in [-0.25, -0.2) is 9.97 Å². The van der Waals surface area contributed by atoms with Gasteiger partial charge in [0.05, 0.1) is 27.8 Å². The third-order valence-corrected chi connectivity index (χ3v) is 14.7. The minimum atomic E-state index is -0.426. The molecule has 0 fully saturated rings. The molecule has 0 radical (unpaired) electrons. The Morgan fingerprint density at radius 3 is 1.59 bits per heavy atom. The summed E-state index contributed by atoms with van der Waals surface area (Å²) >= 11 is 0. The van der Waals surface area contributed by atoms with Gasteiger partial charge in [-0.3, -0.25) is 0 Å². The molecule has 2 heterocycles. The second-order valence-electron chi connectivity index (χ2n) is 18.2. The van der Waals surface area contributed by atoms with E-state index >= 15 is 0 Å². The average Bonchev–Trinajstić information content (AvgIpc) is 3.99. The Kier molecular flexibility index (Phi) is 8.15. The molecule has 3 heteroatoms. The molecule has 4 aliphatic rings. The van der Waals surface area contributed by atoms with E-state index in [1.54, 1.807) is 0 Å². The van der Waals surface area contributed by atoms with Gasteiger partial charge in [0.25, 0.3) is 0 Å². The van der Waals surface area contributed by atoms with Crippen LogP contribution in [0, 0.1) is 0 Å². The standard InChI is InChI=1S/C63H43N3/c1-3-16-42(17-4-1)58-39-59(43-18-5-2-6-19-43)65-62(64-58)44-29-27-41(28-30-44)46-32-34-60-52(36-46)53-37-57-51(38-61(53)66(60)47-33-31-40-15-7-8-20-45(40)35-47)50-23-11-14-26-56(50)63(57)54-24-12-9-21-48(54)49-22-10-13-25-55(49)63/h3,5,7-39H,1-2,4,6H2. The van der Waals surface area contributed by atoms with E-state index in [1.165, 1.54) is 93.8 Å². The lowest BCUT2D eigenvalue weighted by atomic mass is 9.70. The highest BCUT2D eigenvalue weighted by Gasteiger charge is 2.51. The van der Waals surface area contributed by atoms with Crippen LogP contribution in [-0.4, -0.2) is 14.5 Å². The lowest BCUT2D eigenvalue weighted by molar-refractivity contribution is 0.795. The Balaban J connectivity index is 0.967. The quantitative estimate of drug-likeness (QED) is 0.173. The maximum Gasteiger partial charge on any atom is 0.160 e. The summed E-state index contributed by atoms with van der Waals surface area (Å²) in [4.78, 5) is 10.3. The van der Waals surface area contributed by atoms with Crippen molar-refractivity contribution in [2.24, 2.45) is 0 Å². The summed E-state index contributed by atoms with van der Waals surface area (Å²) in [7, 11) is 0. The summed E-state index contributed by atoms with van der Waals surface area (Å²) in [6, 6.07) is 65.9. The number of hydrogen-bond donors (Lipinski definition) is 0. The van der Waals surface area contributed by atoms with Crippen LogP contribution >= 0.6 is 0 Å². The number of nitrogens with zero attached hydrogens (tertiary/aromatic N) is 3. The number of benzene rings is 8. The molecular weight excluding hydrogens is 799 g/mol. The monoisotopic (exact) mass is 841 g/mol. The van der Waals surface area contributed by atoms with Crippen LogP contribution in [0.3, 0.4) is 0 Å². The minimum absolute atomic E-state index is 0.426. The molecule has 3 nitrogen and oxygen atoms in total. The molecule has 0 saturated heterocycles. The highest BCUT2D eigenvalue weighted by atomic mass is 15.0. The third-order valence-electron chi connectivity index (χ3n) is 14.7. The summed E-state index contributed by atoms with van der Waals surface area (Å²) < 4.78 is 2.49. The molecule has 0 aliphatic heterocycles. The predicted octanol–water partition coefficient (Wildman–Crippen LogP) is 15.9. The van der Waals surface area contributed by atoms with Gasteiger partial charge in [0.2, 0.25) is 0 Å². The van der Waals surface area contributed by atoms with Crippen LogP contribution in [0.15, 0.2) is 212 Å². The van der Waals surface area contributed by atoms with E-state index < -0.39 is 5.41 Å². The Hall–Kier alpha value is -8.14. The van der Waals surface area contributed by atoms with Crippen LogP contribution in [-0.2, 0) is 5.41 Å². The Labute approximate surface area is 384 Å². The van der Waals surface area contributed by atoms with E-state index in [4.69, 9.17) is 9.97 Å². The van der Waals surface area contributed by atoms with Gasteiger partial charge >= 0.3 is 0 Å². The molecule has 0 atom stereocenters. The molecule has 14 rings (SSSR count). The molecule has 0 unspecified atom stereocenters. The van der Waals surface area contributed by atoms with Crippen molar-refractivity contribution in [3.8, 4) is 50.5 Å². The summed E-state index contributed by atoms with van der Waals surface area (Å²) in [5.41, 5.74) is 21.4. The molecule has 4 aliphatic carbocycles. The molecule has 10 aromatic rings. The number of aromatic nitrogens is 3. The van der Waals surface area contributed by atoms with E-state index in [0.717, 1.165) is 59.7 Å². The van der Waals surface area contributed by atoms with Crippen molar-refractivity contribution < 1.29 is 0 Å².